The molecule has 0 aromatic heterocycles. The first-order valence-electron chi connectivity index (χ1n) is 7.78. The lowest BCUT2D eigenvalue weighted by molar-refractivity contribution is -0.0566. The Labute approximate surface area is 154 Å². The molecule has 0 radical (unpaired) electrons. The first-order valence-corrected chi connectivity index (χ1v) is 9.47. The Balaban J connectivity index is 4.25. The van der Waals surface area contributed by atoms with Gasteiger partial charge in [0.05, 0.1) is 5.37 Å². The maximum atomic E-state index is 11.8. The summed E-state index contributed by atoms with van der Waals surface area (Å²) in [6, 6.07) is 0. The van der Waals surface area contributed by atoms with Crippen molar-refractivity contribution in [1.29, 1.82) is 0 Å². The summed E-state index contributed by atoms with van der Waals surface area (Å²) in [5.74, 6) is 5.52. The van der Waals surface area contributed by atoms with E-state index in [1.165, 1.54) is 0 Å². The van der Waals surface area contributed by atoms with Crippen molar-refractivity contribution in [2.24, 2.45) is 15.9 Å². The van der Waals surface area contributed by atoms with Gasteiger partial charge in [-0.25, -0.2) is 15.7 Å². The van der Waals surface area contributed by atoms with Gasteiger partial charge in [0, 0.05) is 25.1 Å². The molecule has 2 atom stereocenters. The molecule has 0 aliphatic heterocycles. The molecule has 0 aromatic carbocycles. The van der Waals surface area contributed by atoms with Gasteiger partial charge in [-0.1, -0.05) is 0 Å². The van der Waals surface area contributed by atoms with Crippen LogP contribution >= 0.6 is 24.4 Å². The molecule has 0 bridgehead atoms. The number of carbonyl (C=O) groups is 1. The van der Waals surface area contributed by atoms with E-state index in [-0.39, 0.29) is 5.37 Å². The number of thioether (sulfide) groups is 1. The van der Waals surface area contributed by atoms with E-state index >= 15 is 0 Å². The van der Waals surface area contributed by atoms with E-state index in [9.17, 15) is 4.79 Å². The number of hydrogen-bond donors (Lipinski definition) is 3. The molecule has 0 saturated carbocycles. The molecule has 0 fully saturated rings. The van der Waals surface area contributed by atoms with E-state index < -0.39 is 17.5 Å². The number of carbonyl (C=O) groups excluding carboxylic acids is 1. The van der Waals surface area contributed by atoms with Crippen LogP contribution in [0.15, 0.2) is 9.98 Å². The highest BCUT2D eigenvalue weighted by atomic mass is 32.2. The zero-order chi connectivity index (χ0) is 18.6. The van der Waals surface area contributed by atoms with Gasteiger partial charge in [-0.3, -0.25) is 15.1 Å². The highest BCUT2D eigenvalue weighted by molar-refractivity contribution is 7.99. The molecule has 0 spiro atoms. The van der Waals surface area contributed by atoms with Crippen LogP contribution in [0.1, 0.15) is 47.5 Å². The lowest BCUT2D eigenvalue weighted by Gasteiger charge is -2.26. The lowest BCUT2D eigenvalue weighted by Crippen LogP contribution is -2.50. The van der Waals surface area contributed by atoms with Crippen LogP contribution in [0, 0.1) is 0 Å². The van der Waals surface area contributed by atoms with Gasteiger partial charge >= 0.3 is 6.09 Å². The lowest BCUT2D eigenvalue weighted by atomic mass is 10.2. The number of nitrogens with zero attached hydrogens (tertiary/aromatic N) is 2. The summed E-state index contributed by atoms with van der Waals surface area (Å²) in [6.45, 7) is 8.90. The molecule has 9 heteroatoms. The average molecular weight is 379 g/mol. The Bertz CT molecular complexity index is 427. The average Bonchev–Trinajstić information content (AvgIpc) is 2.45. The van der Waals surface area contributed by atoms with Crippen LogP contribution in [-0.4, -0.2) is 46.9 Å². The third kappa shape index (κ3) is 12.6. The predicted molar refractivity (Wildman–Crippen MR) is 105 cm³/mol. The molecular formula is C15H30N4O3S2. The maximum Gasteiger partial charge on any atom is 0.411 e. The minimum Gasteiger partial charge on any atom is -0.444 e. The standard InChI is InChI=1S/C15H30N4O3S2/c1-12(17-8-6-10-23)24-11-7-9-18-15(5,22-16)19-13(20)21-14(2,3)4/h8-9,12,23H,6-7,10-11,16H2,1-5H3,(H,19,20)/b17-8+,18-9+. The molecule has 24 heavy (non-hydrogen) atoms. The molecular weight excluding hydrogens is 348 g/mol. The van der Waals surface area contributed by atoms with Crippen molar-refractivity contribution in [3.8, 4) is 0 Å². The largest absolute Gasteiger partial charge is 0.444 e. The number of ether oxygens (including phenoxy) is 1. The van der Waals surface area contributed by atoms with Gasteiger partial charge < -0.3 is 4.74 Å². The molecule has 0 aliphatic carbocycles. The third-order valence-electron chi connectivity index (χ3n) is 2.48. The van der Waals surface area contributed by atoms with Crippen LogP contribution in [0.4, 0.5) is 4.79 Å². The minimum atomic E-state index is -1.36. The number of nitrogens with two attached hydrogens (primary N) is 1. The smallest absolute Gasteiger partial charge is 0.411 e. The number of thiol groups is 1. The van der Waals surface area contributed by atoms with Crippen LogP contribution in [0.25, 0.3) is 0 Å². The first kappa shape index (κ1) is 23.2. The molecule has 0 rings (SSSR count). The van der Waals surface area contributed by atoms with E-state index in [4.69, 9.17) is 15.5 Å². The van der Waals surface area contributed by atoms with Crippen molar-refractivity contribution >= 4 is 42.9 Å². The van der Waals surface area contributed by atoms with E-state index in [1.807, 2.05) is 13.1 Å². The van der Waals surface area contributed by atoms with E-state index in [2.05, 4.69) is 27.9 Å². The quantitative estimate of drug-likeness (QED) is 0.178. The fourth-order valence-electron chi connectivity index (χ4n) is 1.44. The Kier molecular flexibility index (Phi) is 11.4. The number of nitrogens with one attached hydrogen (secondary N) is 1. The Morgan fingerprint density at radius 3 is 2.54 bits per heavy atom. The molecule has 0 heterocycles. The van der Waals surface area contributed by atoms with Gasteiger partial charge in [0.25, 0.3) is 5.85 Å². The zero-order valence-corrected chi connectivity index (χ0v) is 16.8. The molecule has 1 amide bonds. The summed E-state index contributed by atoms with van der Waals surface area (Å²) in [4.78, 5) is 25.1. The molecule has 0 aliphatic rings. The SMILES string of the molecule is CC(/N=C/CCS)SCC/C=N/C(C)(NC(=O)OC(C)(C)C)ON. The second-order valence-corrected chi connectivity index (χ2v) is 8.01. The molecule has 0 saturated heterocycles. The first-order chi connectivity index (χ1) is 11.1. The second kappa shape index (κ2) is 11.7. The topological polar surface area (TPSA) is 98.3 Å². The predicted octanol–water partition coefficient (Wildman–Crippen LogP) is 3.01. The summed E-state index contributed by atoms with van der Waals surface area (Å²) in [7, 11) is 0. The molecule has 0 aromatic rings. The van der Waals surface area contributed by atoms with Gasteiger partial charge in [0.1, 0.15) is 5.60 Å². The fourth-order valence-corrected chi connectivity index (χ4v) is 2.31. The summed E-state index contributed by atoms with van der Waals surface area (Å²) < 4.78 is 5.16. The van der Waals surface area contributed by atoms with Gasteiger partial charge in [-0.15, -0.1) is 11.8 Å². The van der Waals surface area contributed by atoms with Gasteiger partial charge in [-0.05, 0) is 46.3 Å². The Morgan fingerprint density at radius 1 is 1.33 bits per heavy atom. The van der Waals surface area contributed by atoms with Crippen LogP contribution in [0.2, 0.25) is 0 Å². The summed E-state index contributed by atoms with van der Waals surface area (Å²) >= 11 is 5.84. The van der Waals surface area contributed by atoms with Gasteiger partial charge in [0.2, 0.25) is 0 Å². The monoisotopic (exact) mass is 378 g/mol. The second-order valence-electron chi connectivity index (χ2n) is 6.14. The van der Waals surface area contributed by atoms with Crippen molar-refractivity contribution in [1.82, 2.24) is 5.32 Å². The summed E-state index contributed by atoms with van der Waals surface area (Å²) in [5.41, 5.74) is -0.608. The van der Waals surface area contributed by atoms with Crippen molar-refractivity contribution in [2.45, 2.75) is 64.3 Å². The molecule has 7 nitrogen and oxygen atoms in total. The van der Waals surface area contributed by atoms with Gasteiger partial charge in [-0.2, -0.15) is 12.6 Å². The number of alkyl carbamates (subject to hydrolysis) is 1. The highest BCUT2D eigenvalue weighted by Crippen LogP contribution is 2.13. The zero-order valence-electron chi connectivity index (χ0n) is 15.1. The minimum absolute atomic E-state index is 0.190. The highest BCUT2D eigenvalue weighted by Gasteiger charge is 2.28. The van der Waals surface area contributed by atoms with Crippen molar-refractivity contribution in [3.63, 3.8) is 0 Å². The van der Waals surface area contributed by atoms with E-state index in [0.29, 0.717) is 6.42 Å². The molecule has 3 N–H and O–H groups in total. The van der Waals surface area contributed by atoms with Crippen LogP contribution in [-0.2, 0) is 9.57 Å². The summed E-state index contributed by atoms with van der Waals surface area (Å²) in [6.07, 6.45) is 4.49. The normalized spacial score (nSPS) is 16.3. The molecule has 140 valence electrons. The fraction of sp³-hybridized carbons (Fsp3) is 0.800. The van der Waals surface area contributed by atoms with Crippen LogP contribution in [0.3, 0.4) is 0 Å². The van der Waals surface area contributed by atoms with Crippen LogP contribution in [0.5, 0.6) is 0 Å². The number of amides is 1. The van der Waals surface area contributed by atoms with Gasteiger partial charge in [0.15, 0.2) is 0 Å². The van der Waals surface area contributed by atoms with Crippen molar-refractivity contribution in [2.75, 3.05) is 11.5 Å². The Morgan fingerprint density at radius 2 is 2.00 bits per heavy atom. The van der Waals surface area contributed by atoms with Crippen LogP contribution < -0.4 is 11.2 Å². The third-order valence-corrected chi connectivity index (χ3v) is 3.81. The number of rotatable bonds is 10. The van der Waals surface area contributed by atoms with Crippen molar-refractivity contribution in [3.05, 3.63) is 0 Å². The van der Waals surface area contributed by atoms with E-state index in [0.717, 1.165) is 17.9 Å². The maximum absolute atomic E-state index is 11.8. The summed E-state index contributed by atoms with van der Waals surface area (Å²) in [5, 5.41) is 2.68. The van der Waals surface area contributed by atoms with Crippen molar-refractivity contribution < 1.29 is 14.4 Å². The molecule has 2 unspecified atom stereocenters. The number of hydrogen-bond acceptors (Lipinski definition) is 8. The Hall–Kier alpha value is -0.770. The van der Waals surface area contributed by atoms with E-state index in [1.54, 1.807) is 45.7 Å². The number of aliphatic imine (C=N–C) groups is 2.